The lowest BCUT2D eigenvalue weighted by Gasteiger charge is -2.24. The molecule has 32 heavy (non-hydrogen) atoms. The molecule has 1 aliphatic heterocycles. The fourth-order valence-electron chi connectivity index (χ4n) is 3.58. The van der Waals surface area contributed by atoms with Crippen LogP contribution < -0.4 is 19.7 Å². The fourth-order valence-corrected chi connectivity index (χ4v) is 3.77. The van der Waals surface area contributed by atoms with Gasteiger partial charge in [-0.05, 0) is 48.5 Å². The number of amides is 1. The van der Waals surface area contributed by atoms with Crippen LogP contribution in [0.5, 0.6) is 11.5 Å². The summed E-state index contributed by atoms with van der Waals surface area (Å²) in [5, 5.41) is 13.0. The van der Waals surface area contributed by atoms with Crippen molar-refractivity contribution in [3.05, 3.63) is 82.4 Å². The summed E-state index contributed by atoms with van der Waals surface area (Å²) in [6.07, 6.45) is 0. The van der Waals surface area contributed by atoms with Crippen LogP contribution in [0.15, 0.2) is 60.7 Å². The van der Waals surface area contributed by atoms with Crippen molar-refractivity contribution in [3.63, 3.8) is 0 Å². The molecule has 3 aromatic rings. The first-order valence-corrected chi connectivity index (χ1v) is 10.3. The molecule has 1 amide bonds. The predicted octanol–water partition coefficient (Wildman–Crippen LogP) is 4.70. The Balaban J connectivity index is 1.60. The van der Waals surface area contributed by atoms with E-state index in [2.05, 4.69) is 5.32 Å². The van der Waals surface area contributed by atoms with Crippen LogP contribution in [0.1, 0.15) is 26.3 Å². The lowest BCUT2D eigenvalue weighted by atomic mass is 10.1. The number of carboxylic acid groups (broad SMARTS) is 1. The summed E-state index contributed by atoms with van der Waals surface area (Å²) in [6, 6.07) is 17.0. The Labute approximate surface area is 190 Å². The van der Waals surface area contributed by atoms with Gasteiger partial charge in [0.1, 0.15) is 18.1 Å². The SMILES string of the molecule is COc1ccc2c(c1)OCCN(c1ccc(NC(=O)c3cccc(Cl)c3)cc1C(=O)O)C2. The Morgan fingerprint density at radius 3 is 2.72 bits per heavy atom. The minimum Gasteiger partial charge on any atom is -0.497 e. The molecule has 0 radical (unpaired) electrons. The number of nitrogens with one attached hydrogen (secondary N) is 1. The molecule has 0 atom stereocenters. The molecule has 0 saturated heterocycles. The average molecular weight is 453 g/mol. The quantitative estimate of drug-likeness (QED) is 0.583. The van der Waals surface area contributed by atoms with Gasteiger partial charge in [-0.25, -0.2) is 4.79 Å². The molecule has 164 valence electrons. The second-order valence-electron chi connectivity index (χ2n) is 7.25. The standard InChI is InChI=1S/C24H21ClN2O5/c1-31-19-7-5-16-14-27(9-10-32-22(16)13-19)21-8-6-18(12-20(21)24(29)30)26-23(28)15-3-2-4-17(25)11-15/h2-8,11-13H,9-10,14H2,1H3,(H,26,28)(H,29,30). The number of nitrogens with zero attached hydrogens (tertiary/aromatic N) is 1. The van der Waals surface area contributed by atoms with E-state index < -0.39 is 5.97 Å². The van der Waals surface area contributed by atoms with Gasteiger partial charge in [0.15, 0.2) is 0 Å². The Morgan fingerprint density at radius 2 is 1.97 bits per heavy atom. The summed E-state index contributed by atoms with van der Waals surface area (Å²) in [6.45, 7) is 1.38. The number of anilines is 2. The van der Waals surface area contributed by atoms with Crippen LogP contribution in [0.4, 0.5) is 11.4 Å². The lowest BCUT2D eigenvalue weighted by molar-refractivity contribution is 0.0697. The molecular weight excluding hydrogens is 432 g/mol. The van der Waals surface area contributed by atoms with Gasteiger partial charge in [-0.2, -0.15) is 0 Å². The molecule has 0 saturated carbocycles. The number of carbonyl (C=O) groups excluding carboxylic acids is 1. The Hall–Kier alpha value is -3.71. The van der Waals surface area contributed by atoms with Crippen LogP contribution in [0.2, 0.25) is 5.02 Å². The zero-order valence-corrected chi connectivity index (χ0v) is 18.1. The monoisotopic (exact) mass is 452 g/mol. The molecule has 0 aromatic heterocycles. The maximum Gasteiger partial charge on any atom is 0.337 e. The van der Waals surface area contributed by atoms with E-state index in [1.165, 1.54) is 6.07 Å². The molecule has 7 nitrogen and oxygen atoms in total. The molecule has 0 aliphatic carbocycles. The van der Waals surface area contributed by atoms with Crippen LogP contribution in [-0.4, -0.2) is 37.2 Å². The fraction of sp³-hybridized carbons (Fsp3) is 0.167. The number of halogens is 1. The third-order valence-corrected chi connectivity index (χ3v) is 5.40. The van der Waals surface area contributed by atoms with Crippen molar-refractivity contribution in [2.24, 2.45) is 0 Å². The highest BCUT2D eigenvalue weighted by atomic mass is 35.5. The molecule has 0 bridgehead atoms. The van der Waals surface area contributed by atoms with E-state index in [0.717, 1.165) is 5.56 Å². The number of ether oxygens (including phenoxy) is 2. The summed E-state index contributed by atoms with van der Waals surface area (Å²) in [5.74, 6) is -0.0426. The molecular formula is C24H21ClN2O5. The van der Waals surface area contributed by atoms with Crippen molar-refractivity contribution in [2.45, 2.75) is 6.54 Å². The molecule has 1 heterocycles. The zero-order chi connectivity index (χ0) is 22.7. The Kier molecular flexibility index (Phi) is 6.18. The first-order valence-electron chi connectivity index (χ1n) is 9.93. The maximum atomic E-state index is 12.5. The summed E-state index contributed by atoms with van der Waals surface area (Å²) in [5.41, 5.74) is 2.33. The molecule has 0 unspecified atom stereocenters. The Morgan fingerprint density at radius 1 is 1.12 bits per heavy atom. The van der Waals surface area contributed by atoms with E-state index in [1.807, 2.05) is 23.1 Å². The second kappa shape index (κ2) is 9.20. The largest absolute Gasteiger partial charge is 0.497 e. The number of rotatable bonds is 5. The highest BCUT2D eigenvalue weighted by molar-refractivity contribution is 6.31. The van der Waals surface area contributed by atoms with Crippen molar-refractivity contribution in [1.82, 2.24) is 0 Å². The number of fused-ring (bicyclic) bond motifs is 1. The number of methoxy groups -OCH3 is 1. The van der Waals surface area contributed by atoms with Crippen molar-refractivity contribution in [1.29, 1.82) is 0 Å². The second-order valence-corrected chi connectivity index (χ2v) is 7.68. The van der Waals surface area contributed by atoms with Crippen molar-refractivity contribution >= 4 is 34.9 Å². The maximum absolute atomic E-state index is 12.5. The summed E-state index contributed by atoms with van der Waals surface area (Å²) >= 11 is 5.95. The van der Waals surface area contributed by atoms with Crippen LogP contribution in [0.3, 0.4) is 0 Å². The van der Waals surface area contributed by atoms with E-state index in [-0.39, 0.29) is 11.5 Å². The van der Waals surface area contributed by atoms with Gasteiger partial charge >= 0.3 is 5.97 Å². The number of hydrogen-bond acceptors (Lipinski definition) is 5. The topological polar surface area (TPSA) is 88.1 Å². The summed E-state index contributed by atoms with van der Waals surface area (Å²) in [7, 11) is 1.59. The molecule has 2 N–H and O–H groups in total. The van der Waals surface area contributed by atoms with E-state index >= 15 is 0 Å². The van der Waals surface area contributed by atoms with Crippen molar-refractivity contribution in [3.8, 4) is 11.5 Å². The third-order valence-electron chi connectivity index (χ3n) is 5.17. The van der Waals surface area contributed by atoms with E-state index in [9.17, 15) is 14.7 Å². The van der Waals surface area contributed by atoms with Gasteiger partial charge in [0.25, 0.3) is 5.91 Å². The van der Waals surface area contributed by atoms with Gasteiger partial charge in [0.05, 0.1) is 24.9 Å². The first kappa shape index (κ1) is 21.5. The van der Waals surface area contributed by atoms with Gasteiger partial charge in [-0.3, -0.25) is 4.79 Å². The first-order chi connectivity index (χ1) is 15.4. The minimum absolute atomic E-state index is 0.0888. The molecule has 8 heteroatoms. The van der Waals surface area contributed by atoms with Gasteiger partial charge in [0, 0.05) is 34.4 Å². The normalized spacial score (nSPS) is 12.9. The lowest BCUT2D eigenvalue weighted by Crippen LogP contribution is -2.27. The molecule has 0 spiro atoms. The highest BCUT2D eigenvalue weighted by Gasteiger charge is 2.22. The van der Waals surface area contributed by atoms with Gasteiger partial charge in [-0.15, -0.1) is 0 Å². The third kappa shape index (κ3) is 4.63. The highest BCUT2D eigenvalue weighted by Crippen LogP contribution is 2.32. The number of hydrogen-bond donors (Lipinski definition) is 2. The zero-order valence-electron chi connectivity index (χ0n) is 17.3. The van der Waals surface area contributed by atoms with Crippen LogP contribution in [-0.2, 0) is 6.54 Å². The van der Waals surface area contributed by atoms with Crippen LogP contribution >= 0.6 is 11.6 Å². The molecule has 0 fully saturated rings. The molecule has 4 rings (SSSR count). The van der Waals surface area contributed by atoms with E-state index in [4.69, 9.17) is 21.1 Å². The van der Waals surface area contributed by atoms with Gasteiger partial charge in [0.2, 0.25) is 0 Å². The molecule has 3 aromatic carbocycles. The smallest absolute Gasteiger partial charge is 0.337 e. The van der Waals surface area contributed by atoms with Crippen LogP contribution in [0, 0.1) is 0 Å². The van der Waals surface area contributed by atoms with E-state index in [1.54, 1.807) is 43.5 Å². The number of carbonyl (C=O) groups is 2. The average Bonchev–Trinajstić information content (AvgIpc) is 3.00. The number of carboxylic acids is 1. The van der Waals surface area contributed by atoms with E-state index in [0.29, 0.717) is 53.2 Å². The van der Waals surface area contributed by atoms with Crippen molar-refractivity contribution in [2.75, 3.05) is 30.5 Å². The van der Waals surface area contributed by atoms with Gasteiger partial charge in [-0.1, -0.05) is 17.7 Å². The summed E-state index contributed by atoms with van der Waals surface area (Å²) < 4.78 is 11.1. The van der Waals surface area contributed by atoms with Crippen molar-refractivity contribution < 1.29 is 24.2 Å². The number of aromatic carboxylic acids is 1. The van der Waals surface area contributed by atoms with Crippen LogP contribution in [0.25, 0.3) is 0 Å². The number of benzene rings is 3. The molecule has 1 aliphatic rings. The van der Waals surface area contributed by atoms with Gasteiger partial charge < -0.3 is 24.8 Å². The summed E-state index contributed by atoms with van der Waals surface area (Å²) in [4.78, 5) is 26.5. The Bertz CT molecular complexity index is 1180. The minimum atomic E-state index is -1.08. The predicted molar refractivity (Wildman–Crippen MR) is 122 cm³/mol.